The van der Waals surface area contributed by atoms with Crippen LogP contribution in [0.4, 0.5) is 5.82 Å². The fourth-order valence-corrected chi connectivity index (χ4v) is 1.54. The molecule has 0 saturated heterocycles. The molecule has 0 aliphatic rings. The van der Waals surface area contributed by atoms with Crippen LogP contribution in [0.1, 0.15) is 5.56 Å². The average molecular weight is 282 g/mol. The van der Waals surface area contributed by atoms with E-state index >= 15 is 0 Å². The minimum Gasteiger partial charge on any atom is -0.309 e. The number of anilines is 1. The van der Waals surface area contributed by atoms with Crippen molar-refractivity contribution in [1.82, 2.24) is 10.3 Å². The summed E-state index contributed by atoms with van der Waals surface area (Å²) in [5.41, 5.74) is 0.902. The van der Waals surface area contributed by atoms with E-state index in [0.717, 1.165) is 10.0 Å². The summed E-state index contributed by atoms with van der Waals surface area (Å²) in [6.45, 7) is 2.43. The van der Waals surface area contributed by atoms with Crippen molar-refractivity contribution in [2.75, 3.05) is 18.4 Å². The molecule has 1 amide bonds. The number of nitrogens with one attached hydrogen (secondary N) is 2. The van der Waals surface area contributed by atoms with Crippen molar-refractivity contribution < 1.29 is 4.79 Å². The molecule has 1 aromatic rings. The monoisotopic (exact) mass is 281 g/mol. The number of amides is 1. The van der Waals surface area contributed by atoms with E-state index in [4.69, 9.17) is 6.42 Å². The van der Waals surface area contributed by atoms with Gasteiger partial charge in [0.25, 0.3) is 0 Å². The number of nitrogens with zero attached hydrogens (tertiary/aromatic N) is 1. The average Bonchev–Trinajstić information content (AvgIpc) is 2.23. The van der Waals surface area contributed by atoms with Gasteiger partial charge in [-0.05, 0) is 34.5 Å². The van der Waals surface area contributed by atoms with Gasteiger partial charge in [-0.3, -0.25) is 10.1 Å². The SMILES string of the molecule is C#CCNCC(=O)Nc1ncc(Br)cc1C. The minimum atomic E-state index is -0.159. The smallest absolute Gasteiger partial charge is 0.239 e. The summed E-state index contributed by atoms with van der Waals surface area (Å²) in [5, 5.41) is 5.50. The zero-order valence-electron chi connectivity index (χ0n) is 8.88. The summed E-state index contributed by atoms with van der Waals surface area (Å²) >= 11 is 3.30. The zero-order chi connectivity index (χ0) is 12.0. The third-order valence-electron chi connectivity index (χ3n) is 1.82. The van der Waals surface area contributed by atoms with Gasteiger partial charge in [-0.2, -0.15) is 0 Å². The molecule has 0 fully saturated rings. The van der Waals surface area contributed by atoms with E-state index in [9.17, 15) is 4.79 Å². The molecule has 0 aliphatic carbocycles. The van der Waals surface area contributed by atoms with E-state index in [2.05, 4.69) is 37.5 Å². The molecule has 84 valence electrons. The Morgan fingerprint density at radius 1 is 1.69 bits per heavy atom. The van der Waals surface area contributed by atoms with Crippen molar-refractivity contribution in [3.05, 3.63) is 22.3 Å². The second-order valence-corrected chi connectivity index (χ2v) is 4.09. The minimum absolute atomic E-state index is 0.159. The van der Waals surface area contributed by atoms with Crippen LogP contribution in [0.2, 0.25) is 0 Å². The topological polar surface area (TPSA) is 54.0 Å². The van der Waals surface area contributed by atoms with E-state index in [-0.39, 0.29) is 12.5 Å². The van der Waals surface area contributed by atoms with Crippen molar-refractivity contribution >= 4 is 27.7 Å². The van der Waals surface area contributed by atoms with Crippen LogP contribution in [0.25, 0.3) is 0 Å². The molecular weight excluding hydrogens is 270 g/mol. The Hall–Kier alpha value is -1.38. The maximum atomic E-state index is 11.4. The van der Waals surface area contributed by atoms with E-state index in [1.807, 2.05) is 13.0 Å². The summed E-state index contributed by atoms with van der Waals surface area (Å²) in [4.78, 5) is 15.5. The second kappa shape index (κ2) is 6.26. The van der Waals surface area contributed by atoms with Crippen molar-refractivity contribution in [2.24, 2.45) is 0 Å². The van der Waals surface area contributed by atoms with E-state index in [0.29, 0.717) is 12.4 Å². The highest BCUT2D eigenvalue weighted by Crippen LogP contribution is 2.16. The first kappa shape index (κ1) is 12.7. The van der Waals surface area contributed by atoms with Gasteiger partial charge in [0.15, 0.2) is 0 Å². The molecule has 1 heterocycles. The molecule has 0 saturated carbocycles. The van der Waals surface area contributed by atoms with Crippen molar-refractivity contribution in [3.8, 4) is 12.3 Å². The lowest BCUT2D eigenvalue weighted by atomic mass is 10.3. The number of aromatic nitrogens is 1. The molecule has 0 aromatic carbocycles. The predicted molar refractivity (Wildman–Crippen MR) is 67.0 cm³/mol. The van der Waals surface area contributed by atoms with Crippen LogP contribution in [0.5, 0.6) is 0 Å². The molecule has 0 aliphatic heterocycles. The fraction of sp³-hybridized carbons (Fsp3) is 0.273. The Bertz CT molecular complexity index is 426. The largest absolute Gasteiger partial charge is 0.309 e. The quantitative estimate of drug-likeness (QED) is 0.647. The number of rotatable bonds is 4. The lowest BCUT2D eigenvalue weighted by Gasteiger charge is -2.07. The lowest BCUT2D eigenvalue weighted by Crippen LogP contribution is -2.28. The van der Waals surface area contributed by atoms with Crippen LogP contribution in [0.15, 0.2) is 16.7 Å². The normalized spacial score (nSPS) is 9.56. The standard InChI is InChI=1S/C11H12BrN3O/c1-3-4-13-7-10(16)15-11-8(2)5-9(12)6-14-11/h1,5-6,13H,4,7H2,2H3,(H,14,15,16). The van der Waals surface area contributed by atoms with Gasteiger partial charge in [-0.25, -0.2) is 4.98 Å². The lowest BCUT2D eigenvalue weighted by molar-refractivity contribution is -0.115. The molecule has 1 rings (SSSR count). The van der Waals surface area contributed by atoms with Crippen LogP contribution in [-0.4, -0.2) is 24.0 Å². The molecule has 0 bridgehead atoms. The third kappa shape index (κ3) is 4.01. The number of aryl methyl sites for hydroxylation is 1. The van der Waals surface area contributed by atoms with Crippen molar-refractivity contribution in [2.45, 2.75) is 6.92 Å². The molecule has 1 aromatic heterocycles. The molecule has 4 nitrogen and oxygen atoms in total. The Morgan fingerprint density at radius 3 is 3.06 bits per heavy atom. The first-order valence-corrected chi connectivity index (χ1v) is 5.49. The summed E-state index contributed by atoms with van der Waals surface area (Å²) in [6.07, 6.45) is 6.68. The molecule has 2 N–H and O–H groups in total. The third-order valence-corrected chi connectivity index (χ3v) is 2.25. The van der Waals surface area contributed by atoms with Crippen LogP contribution in [0.3, 0.4) is 0 Å². The summed E-state index contributed by atoms with van der Waals surface area (Å²) in [7, 11) is 0. The van der Waals surface area contributed by atoms with Gasteiger partial charge >= 0.3 is 0 Å². The van der Waals surface area contributed by atoms with Gasteiger partial charge in [0, 0.05) is 10.7 Å². The summed E-state index contributed by atoms with van der Waals surface area (Å²) in [5.74, 6) is 2.80. The Kier molecular flexibility index (Phi) is 4.96. The highest BCUT2D eigenvalue weighted by Gasteiger charge is 2.05. The number of halogens is 1. The van der Waals surface area contributed by atoms with Crippen LogP contribution < -0.4 is 10.6 Å². The second-order valence-electron chi connectivity index (χ2n) is 3.17. The number of hydrogen-bond acceptors (Lipinski definition) is 3. The van der Waals surface area contributed by atoms with Crippen LogP contribution >= 0.6 is 15.9 Å². The van der Waals surface area contributed by atoms with Gasteiger partial charge in [-0.1, -0.05) is 5.92 Å². The molecule has 0 unspecified atom stereocenters. The predicted octanol–water partition coefficient (Wildman–Crippen LogP) is 1.31. The van der Waals surface area contributed by atoms with Gasteiger partial charge in [0.2, 0.25) is 5.91 Å². The van der Waals surface area contributed by atoms with E-state index in [1.165, 1.54) is 0 Å². The summed E-state index contributed by atoms with van der Waals surface area (Å²) in [6, 6.07) is 1.89. The number of carbonyl (C=O) groups is 1. The number of carbonyl (C=O) groups excluding carboxylic acids is 1. The van der Waals surface area contributed by atoms with Gasteiger partial charge in [0.05, 0.1) is 13.1 Å². The number of pyridine rings is 1. The zero-order valence-corrected chi connectivity index (χ0v) is 10.5. The van der Waals surface area contributed by atoms with Crippen LogP contribution in [0, 0.1) is 19.3 Å². The molecule has 0 radical (unpaired) electrons. The highest BCUT2D eigenvalue weighted by molar-refractivity contribution is 9.10. The maximum Gasteiger partial charge on any atom is 0.239 e. The fourth-order valence-electron chi connectivity index (χ4n) is 1.10. The first-order chi connectivity index (χ1) is 7.63. The maximum absolute atomic E-state index is 11.4. The molecular formula is C11H12BrN3O. The van der Waals surface area contributed by atoms with E-state index in [1.54, 1.807) is 6.20 Å². The van der Waals surface area contributed by atoms with Crippen LogP contribution in [-0.2, 0) is 4.79 Å². The Morgan fingerprint density at radius 2 is 2.44 bits per heavy atom. The number of hydrogen-bond donors (Lipinski definition) is 2. The number of terminal acetylenes is 1. The first-order valence-electron chi connectivity index (χ1n) is 4.69. The Balaban J connectivity index is 2.53. The molecule has 5 heteroatoms. The Labute approximate surface area is 103 Å². The van der Waals surface area contributed by atoms with Crippen molar-refractivity contribution in [3.63, 3.8) is 0 Å². The highest BCUT2D eigenvalue weighted by atomic mass is 79.9. The molecule has 16 heavy (non-hydrogen) atoms. The van der Waals surface area contributed by atoms with E-state index < -0.39 is 0 Å². The van der Waals surface area contributed by atoms with Gasteiger partial charge < -0.3 is 5.32 Å². The summed E-state index contributed by atoms with van der Waals surface area (Å²) < 4.78 is 0.883. The van der Waals surface area contributed by atoms with Gasteiger partial charge in [0.1, 0.15) is 5.82 Å². The van der Waals surface area contributed by atoms with Crippen molar-refractivity contribution in [1.29, 1.82) is 0 Å². The molecule has 0 atom stereocenters. The van der Waals surface area contributed by atoms with Gasteiger partial charge in [-0.15, -0.1) is 6.42 Å². The molecule has 0 spiro atoms.